The van der Waals surface area contributed by atoms with Crippen molar-refractivity contribution in [2.24, 2.45) is 9.98 Å². The van der Waals surface area contributed by atoms with E-state index < -0.39 is 29.6 Å². The molecule has 146 valence electrons. The molecule has 2 aromatic rings. The Kier molecular flexibility index (Phi) is 5.16. The van der Waals surface area contributed by atoms with Gasteiger partial charge in [-0.1, -0.05) is 29.3 Å². The Morgan fingerprint density at radius 1 is 1.00 bits per heavy atom. The molecule has 0 amide bonds. The van der Waals surface area contributed by atoms with Crippen LogP contribution in [0.3, 0.4) is 0 Å². The molecule has 0 saturated carbocycles. The van der Waals surface area contributed by atoms with Crippen molar-refractivity contribution >= 4 is 29.4 Å². The minimum atomic E-state index is -5.16. The van der Waals surface area contributed by atoms with E-state index in [0.717, 1.165) is 12.7 Å². The van der Waals surface area contributed by atoms with Crippen molar-refractivity contribution < 1.29 is 27.4 Å². The largest absolute Gasteiger partial charge is 0.465 e. The van der Waals surface area contributed by atoms with E-state index in [2.05, 4.69) is 14.7 Å². The summed E-state index contributed by atoms with van der Waals surface area (Å²) >= 11 is 5.83. The molecule has 0 saturated heterocycles. The molecule has 0 fully saturated rings. The van der Waals surface area contributed by atoms with Gasteiger partial charge in [-0.25, -0.2) is 4.79 Å². The van der Waals surface area contributed by atoms with Gasteiger partial charge in [-0.2, -0.15) is 23.2 Å². The molecular weight excluding hydrogens is 397 g/mol. The molecule has 0 N–H and O–H groups in total. The zero-order chi connectivity index (χ0) is 20.5. The molecule has 0 unspecified atom stereocenters. The van der Waals surface area contributed by atoms with Crippen molar-refractivity contribution in [3.8, 4) is 0 Å². The second-order valence-electron chi connectivity index (χ2n) is 5.97. The lowest BCUT2D eigenvalue weighted by atomic mass is 10.1. The van der Waals surface area contributed by atoms with Gasteiger partial charge in [-0.3, -0.25) is 0 Å². The maximum absolute atomic E-state index is 13.9. The first kappa shape index (κ1) is 19.9. The summed E-state index contributed by atoms with van der Waals surface area (Å²) in [4.78, 5) is 19.2. The zero-order valence-corrected chi connectivity index (χ0v) is 15.5. The van der Waals surface area contributed by atoms with E-state index in [1.807, 2.05) is 6.92 Å². The lowest BCUT2D eigenvalue weighted by Crippen LogP contribution is -2.53. The van der Waals surface area contributed by atoms with Gasteiger partial charge < -0.3 is 9.47 Å². The van der Waals surface area contributed by atoms with Crippen LogP contribution in [0.15, 0.2) is 58.5 Å². The Hall–Kier alpha value is -2.87. The summed E-state index contributed by atoms with van der Waals surface area (Å²) in [6.45, 7) is 1.82. The van der Waals surface area contributed by atoms with Gasteiger partial charge in [0, 0.05) is 16.1 Å². The van der Waals surface area contributed by atoms with Gasteiger partial charge >= 0.3 is 17.8 Å². The van der Waals surface area contributed by atoms with Crippen LogP contribution in [-0.2, 0) is 14.3 Å². The van der Waals surface area contributed by atoms with Crippen LogP contribution in [0.5, 0.6) is 0 Å². The second-order valence-corrected chi connectivity index (χ2v) is 6.41. The molecule has 0 bridgehead atoms. The number of esters is 1. The average Bonchev–Trinajstić information content (AvgIpc) is 2.67. The Labute approximate surface area is 163 Å². The summed E-state index contributed by atoms with van der Waals surface area (Å²) < 4.78 is 51.8. The molecular formula is C19H14ClF3N2O3. The third kappa shape index (κ3) is 3.60. The molecule has 1 heterocycles. The van der Waals surface area contributed by atoms with Gasteiger partial charge in [0.15, 0.2) is 0 Å². The van der Waals surface area contributed by atoms with E-state index in [9.17, 15) is 18.0 Å². The summed E-state index contributed by atoms with van der Waals surface area (Å²) in [5, 5.41) is 0.377. The van der Waals surface area contributed by atoms with Crippen LogP contribution in [0.4, 0.5) is 13.2 Å². The fourth-order valence-corrected chi connectivity index (χ4v) is 2.59. The molecule has 9 heteroatoms. The van der Waals surface area contributed by atoms with Gasteiger partial charge in [0.1, 0.15) is 0 Å². The van der Waals surface area contributed by atoms with Crippen molar-refractivity contribution in [2.45, 2.75) is 18.8 Å². The van der Waals surface area contributed by atoms with Crippen LogP contribution in [-0.4, -0.2) is 36.7 Å². The fourth-order valence-electron chi connectivity index (χ4n) is 2.47. The van der Waals surface area contributed by atoms with Crippen LogP contribution in [0.1, 0.15) is 16.7 Å². The molecule has 1 atom stereocenters. The number of rotatable bonds is 3. The summed E-state index contributed by atoms with van der Waals surface area (Å²) in [5.41, 5.74) is -2.14. The number of ether oxygens (including phenoxy) is 2. The van der Waals surface area contributed by atoms with Crippen LogP contribution in [0.2, 0.25) is 5.02 Å². The molecule has 0 spiro atoms. The van der Waals surface area contributed by atoms with Crippen LogP contribution < -0.4 is 0 Å². The Balaban J connectivity index is 2.22. The number of hydrogen-bond donors (Lipinski definition) is 0. The number of nitrogens with zero attached hydrogens (tertiary/aromatic N) is 2. The number of carbonyl (C=O) groups excluding carboxylic acids is 1. The minimum Gasteiger partial charge on any atom is -0.465 e. The van der Waals surface area contributed by atoms with E-state index >= 15 is 0 Å². The highest BCUT2D eigenvalue weighted by molar-refractivity contribution is 6.30. The van der Waals surface area contributed by atoms with Crippen molar-refractivity contribution in [3.05, 3.63) is 70.2 Å². The number of methoxy groups -OCH3 is 1. The first-order valence-corrected chi connectivity index (χ1v) is 8.40. The molecule has 0 aromatic heterocycles. The van der Waals surface area contributed by atoms with Crippen LogP contribution >= 0.6 is 11.6 Å². The zero-order valence-electron chi connectivity index (χ0n) is 14.7. The molecule has 0 aliphatic carbocycles. The van der Waals surface area contributed by atoms with Gasteiger partial charge in [0.25, 0.3) is 0 Å². The second kappa shape index (κ2) is 7.27. The van der Waals surface area contributed by atoms with Crippen molar-refractivity contribution in [1.29, 1.82) is 0 Å². The van der Waals surface area contributed by atoms with E-state index in [0.29, 0.717) is 5.02 Å². The first-order valence-electron chi connectivity index (χ1n) is 8.02. The maximum Gasteiger partial charge on any atom is 0.446 e. The lowest BCUT2D eigenvalue weighted by molar-refractivity contribution is -0.202. The quantitative estimate of drug-likeness (QED) is 0.709. The lowest BCUT2D eigenvalue weighted by Gasteiger charge is -2.30. The average molecular weight is 411 g/mol. The molecule has 5 nitrogen and oxygen atoms in total. The standard InChI is InChI=1S/C19H14ClF3N2O3/c1-11-3-5-12(6-4-11)15-24-18(17(26)27-2,19(21,22)23)25-16(28-15)13-7-9-14(20)10-8-13/h3-10H,1-2H3/t18-/m0/s1. The maximum atomic E-state index is 13.9. The highest BCUT2D eigenvalue weighted by Crippen LogP contribution is 2.39. The number of benzene rings is 2. The fraction of sp³-hybridized carbons (Fsp3) is 0.211. The Morgan fingerprint density at radius 2 is 1.46 bits per heavy atom. The Bertz CT molecular complexity index is 890. The normalized spacial score (nSPS) is 19.4. The SMILES string of the molecule is COC(=O)[C@]1(C(F)(F)F)N=C(c2ccc(C)cc2)OC(c2ccc(Cl)cc2)=N1. The number of aryl methyl sites for hydroxylation is 1. The first-order chi connectivity index (χ1) is 13.2. The molecule has 1 aliphatic heterocycles. The highest BCUT2D eigenvalue weighted by atomic mass is 35.5. The number of halogens is 4. The molecule has 3 rings (SSSR count). The topological polar surface area (TPSA) is 60.2 Å². The predicted molar refractivity (Wildman–Crippen MR) is 97.6 cm³/mol. The van der Waals surface area contributed by atoms with Crippen molar-refractivity contribution in [3.63, 3.8) is 0 Å². The Morgan fingerprint density at radius 3 is 1.89 bits per heavy atom. The van der Waals surface area contributed by atoms with Crippen molar-refractivity contribution in [1.82, 2.24) is 0 Å². The molecule has 2 aromatic carbocycles. The smallest absolute Gasteiger partial charge is 0.446 e. The van der Waals surface area contributed by atoms with E-state index in [4.69, 9.17) is 16.3 Å². The summed E-state index contributed by atoms with van der Waals surface area (Å²) in [6, 6.07) is 12.2. The van der Waals surface area contributed by atoms with E-state index in [1.165, 1.54) is 36.4 Å². The van der Waals surface area contributed by atoms with Gasteiger partial charge in [0.2, 0.25) is 11.8 Å². The highest BCUT2D eigenvalue weighted by Gasteiger charge is 2.65. The van der Waals surface area contributed by atoms with E-state index in [1.54, 1.807) is 12.1 Å². The number of aliphatic imine (C=N–C) groups is 2. The molecule has 0 radical (unpaired) electrons. The molecule has 28 heavy (non-hydrogen) atoms. The predicted octanol–water partition coefficient (Wildman–Crippen LogP) is 4.30. The third-order valence-corrected chi connectivity index (χ3v) is 4.23. The summed E-state index contributed by atoms with van der Waals surface area (Å²) in [6.07, 6.45) is -5.16. The number of hydrogen-bond acceptors (Lipinski definition) is 5. The monoisotopic (exact) mass is 410 g/mol. The number of alkyl halides is 3. The number of carbonyl (C=O) groups is 1. The molecule has 1 aliphatic rings. The van der Waals surface area contributed by atoms with Crippen LogP contribution in [0.25, 0.3) is 0 Å². The third-order valence-electron chi connectivity index (χ3n) is 3.98. The minimum absolute atomic E-state index is 0.196. The van der Waals surface area contributed by atoms with Gasteiger partial charge in [-0.15, -0.1) is 0 Å². The van der Waals surface area contributed by atoms with E-state index in [-0.39, 0.29) is 11.1 Å². The summed E-state index contributed by atoms with van der Waals surface area (Å²) in [5.74, 6) is -2.49. The summed E-state index contributed by atoms with van der Waals surface area (Å²) in [7, 11) is 0.837. The van der Waals surface area contributed by atoms with Gasteiger partial charge in [-0.05, 0) is 43.3 Å². The van der Waals surface area contributed by atoms with Crippen LogP contribution in [0, 0.1) is 6.92 Å². The van der Waals surface area contributed by atoms with Crippen molar-refractivity contribution in [2.75, 3.05) is 7.11 Å². The van der Waals surface area contributed by atoms with Gasteiger partial charge in [0.05, 0.1) is 7.11 Å².